The minimum absolute atomic E-state index is 0.00542. The zero-order valence-electron chi connectivity index (χ0n) is 10.6. The number of rotatable bonds is 1. The van der Waals surface area contributed by atoms with Crippen molar-refractivity contribution >= 4 is 5.91 Å². The van der Waals surface area contributed by atoms with E-state index >= 15 is 0 Å². The largest absolute Gasteiger partial charge is 0.360 e. The van der Waals surface area contributed by atoms with Gasteiger partial charge in [-0.1, -0.05) is 18.2 Å². The molecule has 1 atom stereocenters. The molecule has 0 aromatic heterocycles. The molecule has 1 aliphatic rings. The smallest absolute Gasteiger partial charge is 0.254 e. The maximum atomic E-state index is 12.5. The molecule has 1 fully saturated rings. The van der Waals surface area contributed by atoms with Gasteiger partial charge in [-0.3, -0.25) is 4.79 Å². The summed E-state index contributed by atoms with van der Waals surface area (Å²) in [4.78, 5) is 14.2. The van der Waals surface area contributed by atoms with E-state index in [0.717, 1.165) is 16.7 Å². The first kappa shape index (κ1) is 12.6. The summed E-state index contributed by atoms with van der Waals surface area (Å²) < 4.78 is 5.25. The maximum Gasteiger partial charge on any atom is 0.254 e. The van der Waals surface area contributed by atoms with Crippen molar-refractivity contribution in [3.05, 3.63) is 34.9 Å². The van der Waals surface area contributed by atoms with Crippen LogP contribution < -0.4 is 0 Å². The Bertz CT molecular complexity index is 485. The van der Waals surface area contributed by atoms with Gasteiger partial charge in [-0.15, -0.1) is 0 Å². The van der Waals surface area contributed by atoms with Crippen molar-refractivity contribution in [2.24, 2.45) is 0 Å². The summed E-state index contributed by atoms with van der Waals surface area (Å²) in [6.07, 6.45) is -0.507. The lowest BCUT2D eigenvalue weighted by atomic mass is 10.0. The predicted octanol–water partition coefficient (Wildman–Crippen LogP) is 1.67. The number of ether oxygens (including phenoxy) is 1. The predicted molar refractivity (Wildman–Crippen MR) is 67.2 cm³/mol. The first-order valence-electron chi connectivity index (χ1n) is 6.00. The van der Waals surface area contributed by atoms with Crippen molar-refractivity contribution in [1.82, 2.24) is 4.90 Å². The molecule has 0 bridgehead atoms. The van der Waals surface area contributed by atoms with Crippen molar-refractivity contribution in [2.45, 2.75) is 20.0 Å². The van der Waals surface area contributed by atoms with Crippen molar-refractivity contribution in [3.8, 4) is 6.07 Å². The third-order valence-corrected chi connectivity index (χ3v) is 3.19. The summed E-state index contributed by atoms with van der Waals surface area (Å²) in [5.41, 5.74) is 2.69. The Morgan fingerprint density at radius 2 is 2.11 bits per heavy atom. The molecule has 2 rings (SSSR count). The highest BCUT2D eigenvalue weighted by Gasteiger charge is 2.26. The van der Waals surface area contributed by atoms with Crippen LogP contribution in [-0.2, 0) is 4.74 Å². The Balaban J connectivity index is 2.24. The van der Waals surface area contributed by atoms with Crippen LogP contribution in [0.25, 0.3) is 0 Å². The van der Waals surface area contributed by atoms with Gasteiger partial charge in [-0.2, -0.15) is 5.26 Å². The minimum atomic E-state index is -0.507. The Morgan fingerprint density at radius 3 is 2.72 bits per heavy atom. The van der Waals surface area contributed by atoms with Crippen LogP contribution in [0.2, 0.25) is 0 Å². The molecule has 1 amide bonds. The van der Waals surface area contributed by atoms with Gasteiger partial charge in [0.2, 0.25) is 0 Å². The van der Waals surface area contributed by atoms with Crippen LogP contribution in [0.4, 0.5) is 0 Å². The van der Waals surface area contributed by atoms with Crippen molar-refractivity contribution in [3.63, 3.8) is 0 Å². The van der Waals surface area contributed by atoms with E-state index in [2.05, 4.69) is 6.07 Å². The molecule has 0 saturated carbocycles. The molecule has 0 N–H and O–H groups in total. The van der Waals surface area contributed by atoms with Crippen LogP contribution in [-0.4, -0.2) is 36.6 Å². The third kappa shape index (κ3) is 2.36. The van der Waals surface area contributed by atoms with Crippen molar-refractivity contribution < 1.29 is 9.53 Å². The van der Waals surface area contributed by atoms with Gasteiger partial charge in [0.25, 0.3) is 5.91 Å². The van der Waals surface area contributed by atoms with Crippen LogP contribution in [0.15, 0.2) is 18.2 Å². The van der Waals surface area contributed by atoms with Gasteiger partial charge in [0.1, 0.15) is 0 Å². The average Bonchev–Trinajstić information content (AvgIpc) is 2.38. The summed E-state index contributed by atoms with van der Waals surface area (Å²) >= 11 is 0. The first-order valence-corrected chi connectivity index (χ1v) is 6.00. The Labute approximate surface area is 107 Å². The molecule has 1 aromatic rings. The van der Waals surface area contributed by atoms with Crippen LogP contribution in [0.5, 0.6) is 0 Å². The summed E-state index contributed by atoms with van der Waals surface area (Å²) in [7, 11) is 0. The molecule has 1 aliphatic heterocycles. The molecule has 94 valence electrons. The zero-order chi connectivity index (χ0) is 13.1. The normalized spacial score (nSPS) is 19.4. The van der Waals surface area contributed by atoms with Gasteiger partial charge >= 0.3 is 0 Å². The topological polar surface area (TPSA) is 53.3 Å². The average molecular weight is 244 g/mol. The number of hydrogen-bond donors (Lipinski definition) is 0. The van der Waals surface area contributed by atoms with E-state index in [0.29, 0.717) is 19.7 Å². The van der Waals surface area contributed by atoms with E-state index in [1.807, 2.05) is 32.0 Å². The van der Waals surface area contributed by atoms with Gasteiger partial charge in [-0.05, 0) is 25.0 Å². The molecule has 0 aliphatic carbocycles. The first-order chi connectivity index (χ1) is 8.63. The number of hydrogen-bond acceptors (Lipinski definition) is 3. The summed E-state index contributed by atoms with van der Waals surface area (Å²) in [5.74, 6) is -0.00542. The van der Waals surface area contributed by atoms with Gasteiger partial charge < -0.3 is 9.64 Å². The fraction of sp³-hybridized carbons (Fsp3) is 0.429. The molecule has 0 spiro atoms. The molecule has 4 nitrogen and oxygen atoms in total. The molecule has 1 saturated heterocycles. The second-order valence-electron chi connectivity index (χ2n) is 4.51. The highest BCUT2D eigenvalue weighted by Crippen LogP contribution is 2.17. The van der Waals surface area contributed by atoms with Crippen molar-refractivity contribution in [1.29, 1.82) is 5.26 Å². The standard InChI is InChI=1S/C14H16N2O2/c1-10-4-3-5-11(2)13(10)14(17)16-6-7-18-12(8-15)9-16/h3-5,12H,6-7,9H2,1-2H3. The number of carbonyl (C=O) groups excluding carboxylic acids is 1. The SMILES string of the molecule is Cc1cccc(C)c1C(=O)N1CCOC(C#N)C1. The monoisotopic (exact) mass is 244 g/mol. The third-order valence-electron chi connectivity index (χ3n) is 3.19. The van der Waals surface area contributed by atoms with Gasteiger partial charge in [0, 0.05) is 12.1 Å². The molecule has 4 heteroatoms. The van der Waals surface area contributed by atoms with Gasteiger partial charge in [0.15, 0.2) is 6.10 Å². The number of benzene rings is 1. The van der Waals surface area contributed by atoms with Gasteiger partial charge in [0.05, 0.1) is 19.2 Å². The number of nitrogens with zero attached hydrogens (tertiary/aromatic N) is 2. The molecule has 0 radical (unpaired) electrons. The molecule has 18 heavy (non-hydrogen) atoms. The second-order valence-corrected chi connectivity index (χ2v) is 4.51. The number of morpholine rings is 1. The molecule has 1 unspecified atom stereocenters. The summed E-state index contributed by atoms with van der Waals surface area (Å²) in [6.45, 7) is 5.19. The Morgan fingerprint density at radius 1 is 1.44 bits per heavy atom. The van der Waals surface area contributed by atoms with E-state index in [4.69, 9.17) is 10.00 Å². The van der Waals surface area contributed by atoms with Crippen molar-refractivity contribution in [2.75, 3.05) is 19.7 Å². The summed E-state index contributed by atoms with van der Waals surface area (Å²) in [5, 5.41) is 8.86. The highest BCUT2D eigenvalue weighted by atomic mass is 16.5. The Hall–Kier alpha value is -1.86. The number of amides is 1. The van der Waals surface area contributed by atoms with Crippen LogP contribution in [0.1, 0.15) is 21.5 Å². The van der Waals surface area contributed by atoms with Gasteiger partial charge in [-0.25, -0.2) is 0 Å². The van der Waals surface area contributed by atoms with E-state index in [-0.39, 0.29) is 5.91 Å². The molecular formula is C14H16N2O2. The lowest BCUT2D eigenvalue weighted by Crippen LogP contribution is -2.45. The lowest BCUT2D eigenvalue weighted by Gasteiger charge is -2.30. The number of aryl methyl sites for hydroxylation is 2. The maximum absolute atomic E-state index is 12.5. The quantitative estimate of drug-likeness (QED) is 0.755. The Kier molecular flexibility index (Phi) is 3.63. The van der Waals surface area contributed by atoms with E-state index in [1.165, 1.54) is 0 Å². The lowest BCUT2D eigenvalue weighted by molar-refractivity contribution is 0.00339. The molecule has 1 aromatic carbocycles. The second kappa shape index (κ2) is 5.19. The fourth-order valence-corrected chi connectivity index (χ4v) is 2.22. The van der Waals surface area contributed by atoms with E-state index in [9.17, 15) is 4.79 Å². The van der Waals surface area contributed by atoms with Crippen LogP contribution in [0, 0.1) is 25.2 Å². The van der Waals surface area contributed by atoms with Crippen LogP contribution in [0.3, 0.4) is 0 Å². The summed E-state index contributed by atoms with van der Waals surface area (Å²) in [6, 6.07) is 7.86. The number of carbonyl (C=O) groups is 1. The fourth-order valence-electron chi connectivity index (χ4n) is 2.22. The van der Waals surface area contributed by atoms with E-state index < -0.39 is 6.10 Å². The minimum Gasteiger partial charge on any atom is -0.360 e. The zero-order valence-corrected chi connectivity index (χ0v) is 10.6. The highest BCUT2D eigenvalue weighted by molar-refractivity contribution is 5.97. The molecule has 1 heterocycles. The van der Waals surface area contributed by atoms with E-state index in [1.54, 1.807) is 4.90 Å². The van der Waals surface area contributed by atoms with Crippen LogP contribution >= 0.6 is 0 Å². The molecular weight excluding hydrogens is 228 g/mol. The number of nitriles is 1.